The van der Waals surface area contributed by atoms with Gasteiger partial charge in [-0.2, -0.15) is 0 Å². The Kier molecular flexibility index (Phi) is 7.48. The Morgan fingerprint density at radius 2 is 1.69 bits per heavy atom. The van der Waals surface area contributed by atoms with Crippen LogP contribution in [0.1, 0.15) is 47.1 Å². The predicted octanol–water partition coefficient (Wildman–Crippen LogP) is 7.83. The third-order valence-electron chi connectivity index (χ3n) is 7.20. The molecule has 3 aromatic rings. The van der Waals surface area contributed by atoms with Gasteiger partial charge in [0.05, 0.1) is 6.67 Å². The fraction of sp³-hybridized carbons (Fsp3) is 0.333. The van der Waals surface area contributed by atoms with Crippen molar-refractivity contribution in [1.29, 1.82) is 0 Å². The molecule has 0 atom stereocenters. The molecule has 0 spiro atoms. The molecule has 2 nitrogen and oxygen atoms in total. The van der Waals surface area contributed by atoms with Crippen LogP contribution in [0, 0.1) is 5.92 Å². The van der Waals surface area contributed by atoms with Crippen LogP contribution in [-0.4, -0.2) is 36.3 Å². The maximum Gasteiger partial charge on any atom is 0.115 e. The van der Waals surface area contributed by atoms with Gasteiger partial charge in [0, 0.05) is 29.7 Å². The van der Waals surface area contributed by atoms with E-state index in [9.17, 15) is 9.50 Å². The molecular weight excluding hydrogens is 480 g/mol. The van der Waals surface area contributed by atoms with E-state index in [4.69, 9.17) is 23.2 Å². The van der Waals surface area contributed by atoms with Crippen molar-refractivity contribution in [3.05, 3.63) is 98.5 Å². The maximum absolute atomic E-state index is 12.4. The fourth-order valence-corrected chi connectivity index (χ4v) is 6.04. The van der Waals surface area contributed by atoms with Gasteiger partial charge in [-0.05, 0) is 101 Å². The van der Waals surface area contributed by atoms with Crippen LogP contribution in [0.4, 0.5) is 4.39 Å². The summed E-state index contributed by atoms with van der Waals surface area (Å²) in [6.45, 7) is 2.75. The smallest absolute Gasteiger partial charge is 0.115 e. The number of rotatable bonds is 7. The molecule has 0 saturated carbocycles. The summed E-state index contributed by atoms with van der Waals surface area (Å²) in [5.74, 6) is 0.942. The zero-order valence-corrected chi connectivity index (χ0v) is 21.3. The molecule has 5 heteroatoms. The molecule has 35 heavy (non-hydrogen) atoms. The molecule has 2 aliphatic rings. The zero-order valence-electron chi connectivity index (χ0n) is 19.7. The molecule has 0 unspecified atom stereocenters. The number of phenolic OH excluding ortho intramolecular Hbond substituents is 1. The van der Waals surface area contributed by atoms with E-state index in [2.05, 4.69) is 29.2 Å². The molecule has 1 aliphatic heterocycles. The minimum absolute atomic E-state index is 0.232. The summed E-state index contributed by atoms with van der Waals surface area (Å²) in [4.78, 5) is 2.34. The summed E-state index contributed by atoms with van der Waals surface area (Å²) in [5.41, 5.74) is 8.19. The SMILES string of the molecule is Oc1ccc2c(c1)CCCC(c1ccc(Cl)cc1Cl)=C2c1ccc(CC2CN(CCCF)C2)cc1. The van der Waals surface area contributed by atoms with Crippen LogP contribution in [0.3, 0.4) is 0 Å². The lowest BCUT2D eigenvalue weighted by atomic mass is 9.86. The highest BCUT2D eigenvalue weighted by molar-refractivity contribution is 6.36. The van der Waals surface area contributed by atoms with Crippen LogP contribution in [0.15, 0.2) is 60.7 Å². The normalized spacial score (nSPS) is 16.7. The average Bonchev–Trinajstić information content (AvgIpc) is 3.00. The first-order chi connectivity index (χ1) is 17.0. The third kappa shape index (κ3) is 5.43. The number of likely N-dealkylation sites (tertiary alicyclic amines) is 1. The van der Waals surface area contributed by atoms with Gasteiger partial charge in [-0.15, -0.1) is 0 Å². The Bertz CT molecular complexity index is 1230. The summed E-state index contributed by atoms with van der Waals surface area (Å²) >= 11 is 12.9. The van der Waals surface area contributed by atoms with Gasteiger partial charge in [0.1, 0.15) is 5.75 Å². The number of hydrogen-bond donors (Lipinski definition) is 1. The standard InChI is InChI=1S/C30H30Cl2FNO/c31-24-9-11-27(29(32)17-24)28-4-1-3-23-16-25(35)10-12-26(23)30(28)22-7-5-20(6-8-22)15-21-18-34(19-21)14-2-13-33/h5-12,16-17,21,35H,1-4,13-15,18-19H2. The number of nitrogens with zero attached hydrogens (tertiary/aromatic N) is 1. The second-order valence-electron chi connectivity index (χ2n) is 9.74. The lowest BCUT2D eigenvalue weighted by Gasteiger charge is -2.39. The van der Waals surface area contributed by atoms with Crippen LogP contribution in [0.2, 0.25) is 10.0 Å². The number of allylic oxidation sites excluding steroid dienone is 1. The summed E-state index contributed by atoms with van der Waals surface area (Å²) in [5, 5.41) is 11.4. The summed E-state index contributed by atoms with van der Waals surface area (Å²) in [6, 6.07) is 20.3. The van der Waals surface area contributed by atoms with Crippen molar-refractivity contribution in [3.63, 3.8) is 0 Å². The highest BCUT2D eigenvalue weighted by Gasteiger charge is 2.26. The van der Waals surface area contributed by atoms with E-state index in [0.29, 0.717) is 28.1 Å². The summed E-state index contributed by atoms with van der Waals surface area (Å²) < 4.78 is 12.4. The predicted molar refractivity (Wildman–Crippen MR) is 144 cm³/mol. The van der Waals surface area contributed by atoms with Crippen molar-refractivity contribution in [2.75, 3.05) is 26.3 Å². The van der Waals surface area contributed by atoms with E-state index in [1.54, 1.807) is 6.07 Å². The van der Waals surface area contributed by atoms with Gasteiger partial charge in [-0.3, -0.25) is 4.39 Å². The second-order valence-corrected chi connectivity index (χ2v) is 10.6. The molecule has 3 aromatic carbocycles. The van der Waals surface area contributed by atoms with Crippen molar-refractivity contribution in [1.82, 2.24) is 4.90 Å². The highest BCUT2D eigenvalue weighted by atomic mass is 35.5. The minimum atomic E-state index is -0.232. The number of fused-ring (bicyclic) bond motifs is 1. The fourth-order valence-electron chi connectivity index (χ4n) is 5.52. The van der Waals surface area contributed by atoms with E-state index in [1.165, 1.54) is 16.7 Å². The largest absolute Gasteiger partial charge is 0.508 e. The van der Waals surface area contributed by atoms with Crippen LogP contribution in [0.25, 0.3) is 11.1 Å². The first kappa shape index (κ1) is 24.4. The molecule has 0 aromatic heterocycles. The summed E-state index contributed by atoms with van der Waals surface area (Å²) in [6.07, 6.45) is 4.46. The molecule has 0 radical (unpaired) electrons. The monoisotopic (exact) mass is 509 g/mol. The number of hydrogen-bond acceptors (Lipinski definition) is 2. The van der Waals surface area contributed by atoms with E-state index in [-0.39, 0.29) is 6.67 Å². The highest BCUT2D eigenvalue weighted by Crippen LogP contribution is 2.43. The average molecular weight is 510 g/mol. The van der Waals surface area contributed by atoms with Gasteiger partial charge in [-0.1, -0.05) is 59.6 Å². The number of phenols is 1. The van der Waals surface area contributed by atoms with Gasteiger partial charge in [0.15, 0.2) is 0 Å². The Hall–Kier alpha value is -2.33. The Balaban J connectivity index is 1.48. The van der Waals surface area contributed by atoms with Gasteiger partial charge in [-0.25, -0.2) is 0 Å². The number of aromatic hydroxyl groups is 1. The zero-order chi connectivity index (χ0) is 24.4. The van der Waals surface area contributed by atoms with Gasteiger partial charge in [0.25, 0.3) is 0 Å². The minimum Gasteiger partial charge on any atom is -0.508 e. The lowest BCUT2D eigenvalue weighted by Crippen LogP contribution is -2.47. The number of alkyl halides is 1. The van der Waals surface area contributed by atoms with Crippen molar-refractivity contribution in [2.45, 2.75) is 32.1 Å². The molecular formula is C30H30Cl2FNO. The van der Waals surface area contributed by atoms with E-state index < -0.39 is 0 Å². The van der Waals surface area contributed by atoms with Crippen molar-refractivity contribution >= 4 is 34.3 Å². The maximum atomic E-state index is 12.4. The topological polar surface area (TPSA) is 23.5 Å². The first-order valence-corrected chi connectivity index (χ1v) is 13.2. The Morgan fingerprint density at radius 1 is 0.914 bits per heavy atom. The van der Waals surface area contributed by atoms with Gasteiger partial charge in [0.2, 0.25) is 0 Å². The van der Waals surface area contributed by atoms with Gasteiger partial charge < -0.3 is 10.0 Å². The summed E-state index contributed by atoms with van der Waals surface area (Å²) in [7, 11) is 0. The van der Waals surface area contributed by atoms with Gasteiger partial charge >= 0.3 is 0 Å². The number of aryl methyl sites for hydroxylation is 1. The molecule has 1 aliphatic carbocycles. The molecule has 1 saturated heterocycles. The molecule has 5 rings (SSSR count). The lowest BCUT2D eigenvalue weighted by molar-refractivity contribution is 0.0968. The van der Waals surface area contributed by atoms with Crippen molar-refractivity contribution in [2.24, 2.45) is 5.92 Å². The van der Waals surface area contributed by atoms with Crippen molar-refractivity contribution in [3.8, 4) is 5.75 Å². The van der Waals surface area contributed by atoms with Crippen LogP contribution >= 0.6 is 23.2 Å². The number of halogens is 3. The van der Waals surface area contributed by atoms with E-state index in [0.717, 1.165) is 67.6 Å². The van der Waals surface area contributed by atoms with E-state index in [1.807, 2.05) is 30.3 Å². The van der Waals surface area contributed by atoms with Crippen molar-refractivity contribution < 1.29 is 9.50 Å². The first-order valence-electron chi connectivity index (χ1n) is 12.4. The quantitative estimate of drug-likeness (QED) is 0.350. The van der Waals surface area contributed by atoms with Crippen LogP contribution in [0.5, 0.6) is 5.75 Å². The Morgan fingerprint density at radius 3 is 2.43 bits per heavy atom. The molecule has 182 valence electrons. The Labute approximate surface area is 217 Å². The second kappa shape index (κ2) is 10.7. The molecule has 1 fully saturated rings. The molecule has 1 heterocycles. The third-order valence-corrected chi connectivity index (χ3v) is 7.74. The molecule has 0 amide bonds. The van der Waals surface area contributed by atoms with Crippen LogP contribution < -0.4 is 0 Å². The van der Waals surface area contributed by atoms with E-state index >= 15 is 0 Å². The van der Waals surface area contributed by atoms with Crippen LogP contribution in [-0.2, 0) is 12.8 Å². The number of benzene rings is 3. The molecule has 0 bridgehead atoms. The molecule has 1 N–H and O–H groups in total.